The van der Waals surface area contributed by atoms with Crippen LogP contribution in [-0.2, 0) is 5.54 Å². The highest BCUT2D eigenvalue weighted by molar-refractivity contribution is 6.30. The lowest BCUT2D eigenvalue weighted by atomic mass is 9.71. The molecule has 0 unspecified atom stereocenters. The van der Waals surface area contributed by atoms with Crippen LogP contribution in [-0.4, -0.2) is 10.9 Å². The Morgan fingerprint density at radius 2 is 2.00 bits per heavy atom. The third-order valence-corrected chi connectivity index (χ3v) is 4.97. The van der Waals surface area contributed by atoms with Crippen LogP contribution in [0.2, 0.25) is 5.02 Å². The predicted octanol–water partition coefficient (Wildman–Crippen LogP) is 4.01. The number of hydrogen-bond acceptors (Lipinski definition) is 3. The van der Waals surface area contributed by atoms with Gasteiger partial charge in [0.2, 0.25) is 0 Å². The van der Waals surface area contributed by atoms with Crippen LogP contribution in [0.15, 0.2) is 35.1 Å². The quantitative estimate of drug-likeness (QED) is 0.927. The smallest absolute Gasteiger partial charge is 0.274 e. The van der Waals surface area contributed by atoms with E-state index in [4.69, 9.17) is 16.0 Å². The second-order valence-corrected chi connectivity index (χ2v) is 6.67. The van der Waals surface area contributed by atoms with Crippen LogP contribution in [0.1, 0.15) is 59.8 Å². The maximum absolute atomic E-state index is 12.6. The second kappa shape index (κ2) is 5.13. The monoisotopic (exact) mass is 316 g/mol. The Hall–Kier alpha value is -1.81. The van der Waals surface area contributed by atoms with Gasteiger partial charge in [-0.1, -0.05) is 23.7 Å². The third kappa shape index (κ3) is 2.31. The Kier molecular flexibility index (Phi) is 3.22. The van der Waals surface area contributed by atoms with Gasteiger partial charge in [-0.15, -0.1) is 0 Å². The van der Waals surface area contributed by atoms with Gasteiger partial charge in [0.1, 0.15) is 5.76 Å². The van der Waals surface area contributed by atoms with Crippen molar-refractivity contribution in [2.24, 2.45) is 0 Å². The van der Waals surface area contributed by atoms with Gasteiger partial charge in [-0.05, 0) is 49.8 Å². The molecular weight excluding hydrogens is 300 g/mol. The van der Waals surface area contributed by atoms with Crippen molar-refractivity contribution >= 4 is 17.5 Å². The summed E-state index contributed by atoms with van der Waals surface area (Å²) >= 11 is 5.96. The number of carbonyl (C=O) groups excluding carboxylic acids is 1. The van der Waals surface area contributed by atoms with Gasteiger partial charge < -0.3 is 9.73 Å². The summed E-state index contributed by atoms with van der Waals surface area (Å²) in [5, 5.41) is 3.89. The lowest BCUT2D eigenvalue weighted by molar-refractivity contribution is 0.0816. The van der Waals surface area contributed by atoms with E-state index in [2.05, 4.69) is 10.3 Å². The Bertz CT molecular complexity index is 700. The van der Waals surface area contributed by atoms with E-state index in [1.165, 1.54) is 6.39 Å². The first-order chi connectivity index (χ1) is 10.7. The fraction of sp³-hybridized carbons (Fsp3) is 0.412. The Morgan fingerprint density at radius 1 is 1.27 bits per heavy atom. The molecule has 2 aliphatic carbocycles. The number of benzene rings is 1. The Labute approximate surface area is 133 Å². The topological polar surface area (TPSA) is 55.1 Å². The second-order valence-electron chi connectivity index (χ2n) is 6.24. The molecule has 4 rings (SSSR count). The number of amides is 1. The predicted molar refractivity (Wildman–Crippen MR) is 82.9 cm³/mol. The number of nitrogens with zero attached hydrogens (tertiary/aromatic N) is 1. The minimum Gasteiger partial charge on any atom is -0.447 e. The van der Waals surface area contributed by atoms with Crippen LogP contribution < -0.4 is 5.32 Å². The van der Waals surface area contributed by atoms with E-state index in [1.54, 1.807) is 0 Å². The number of halogens is 1. The molecule has 0 spiro atoms. The zero-order valence-corrected chi connectivity index (χ0v) is 12.9. The fourth-order valence-electron chi connectivity index (χ4n) is 3.12. The van der Waals surface area contributed by atoms with Gasteiger partial charge in [-0.3, -0.25) is 4.79 Å². The largest absolute Gasteiger partial charge is 0.447 e. The molecule has 1 aromatic carbocycles. The lowest BCUT2D eigenvalue weighted by Crippen LogP contribution is -2.51. The van der Waals surface area contributed by atoms with E-state index in [0.717, 1.165) is 43.4 Å². The highest BCUT2D eigenvalue weighted by atomic mass is 35.5. The Morgan fingerprint density at radius 3 is 2.59 bits per heavy atom. The number of nitrogens with one attached hydrogen (secondary N) is 1. The van der Waals surface area contributed by atoms with Crippen molar-refractivity contribution in [3.05, 3.63) is 52.7 Å². The molecular formula is C17H17ClN2O2. The molecule has 1 amide bonds. The molecule has 0 atom stereocenters. The number of rotatable bonds is 4. The zero-order valence-electron chi connectivity index (χ0n) is 12.1. The van der Waals surface area contributed by atoms with Crippen LogP contribution >= 0.6 is 11.6 Å². The summed E-state index contributed by atoms with van der Waals surface area (Å²) in [6, 6.07) is 7.72. The van der Waals surface area contributed by atoms with E-state index in [-0.39, 0.29) is 11.4 Å². The van der Waals surface area contributed by atoms with Crippen molar-refractivity contribution in [2.75, 3.05) is 0 Å². The van der Waals surface area contributed by atoms with Crippen LogP contribution in [0.25, 0.3) is 0 Å². The normalized spacial score (nSPS) is 19.5. The van der Waals surface area contributed by atoms with Crippen LogP contribution in [0.5, 0.6) is 0 Å². The molecule has 0 radical (unpaired) electrons. The van der Waals surface area contributed by atoms with Gasteiger partial charge in [0.25, 0.3) is 5.91 Å². The molecule has 1 N–H and O–H groups in total. The molecule has 0 bridgehead atoms. The first-order valence-electron chi connectivity index (χ1n) is 7.70. The van der Waals surface area contributed by atoms with Gasteiger partial charge in [-0.25, -0.2) is 4.98 Å². The van der Waals surface area contributed by atoms with E-state index in [0.29, 0.717) is 16.6 Å². The summed E-state index contributed by atoms with van der Waals surface area (Å²) in [5.74, 6) is 0.976. The van der Waals surface area contributed by atoms with Crippen molar-refractivity contribution in [3.63, 3.8) is 0 Å². The number of carbonyl (C=O) groups is 1. The lowest BCUT2D eigenvalue weighted by Gasteiger charge is -2.43. The molecule has 0 aliphatic heterocycles. The van der Waals surface area contributed by atoms with Gasteiger partial charge in [-0.2, -0.15) is 0 Å². The Balaban J connectivity index is 1.59. The summed E-state index contributed by atoms with van der Waals surface area (Å²) in [6.45, 7) is 0. The highest BCUT2D eigenvalue weighted by Gasteiger charge is 2.42. The average molecular weight is 317 g/mol. The first-order valence-corrected chi connectivity index (χ1v) is 8.08. The van der Waals surface area contributed by atoms with Gasteiger partial charge >= 0.3 is 0 Å². The standard InChI is InChI=1S/C17H17ClN2O2/c18-13-6-4-12(5-7-13)17(8-1-9-17)20-16(21)14-15(11-2-3-11)22-10-19-14/h4-7,10-11H,1-3,8-9H2,(H,20,21). The fourth-order valence-corrected chi connectivity index (χ4v) is 3.25. The van der Waals surface area contributed by atoms with Crippen molar-refractivity contribution in [2.45, 2.75) is 43.6 Å². The zero-order chi connectivity index (χ0) is 15.2. The summed E-state index contributed by atoms with van der Waals surface area (Å²) in [6.07, 6.45) is 6.53. The van der Waals surface area contributed by atoms with Gasteiger partial charge in [0.15, 0.2) is 12.1 Å². The molecule has 2 aliphatic rings. The summed E-state index contributed by atoms with van der Waals surface area (Å²) < 4.78 is 5.41. The van der Waals surface area contributed by atoms with Crippen molar-refractivity contribution in [1.82, 2.24) is 10.3 Å². The molecule has 1 heterocycles. The number of hydrogen-bond donors (Lipinski definition) is 1. The molecule has 2 saturated carbocycles. The summed E-state index contributed by atoms with van der Waals surface area (Å²) in [5.41, 5.74) is 1.26. The number of oxazole rings is 1. The molecule has 1 aromatic heterocycles. The van der Waals surface area contributed by atoms with Crippen LogP contribution in [0, 0.1) is 0 Å². The minimum atomic E-state index is -0.290. The first kappa shape index (κ1) is 13.8. The van der Waals surface area contributed by atoms with Crippen molar-refractivity contribution in [3.8, 4) is 0 Å². The van der Waals surface area contributed by atoms with Crippen LogP contribution in [0.4, 0.5) is 0 Å². The van der Waals surface area contributed by atoms with E-state index in [1.807, 2.05) is 24.3 Å². The molecule has 4 nitrogen and oxygen atoms in total. The maximum Gasteiger partial charge on any atom is 0.274 e. The molecule has 0 saturated heterocycles. The van der Waals surface area contributed by atoms with Gasteiger partial charge in [0, 0.05) is 10.9 Å². The van der Waals surface area contributed by atoms with Crippen molar-refractivity contribution in [1.29, 1.82) is 0 Å². The average Bonchev–Trinajstić information content (AvgIpc) is 3.21. The minimum absolute atomic E-state index is 0.134. The molecule has 2 aromatic rings. The van der Waals surface area contributed by atoms with Gasteiger partial charge in [0.05, 0.1) is 5.54 Å². The molecule has 5 heteroatoms. The van der Waals surface area contributed by atoms with E-state index < -0.39 is 0 Å². The van der Waals surface area contributed by atoms with E-state index in [9.17, 15) is 4.79 Å². The van der Waals surface area contributed by atoms with Crippen molar-refractivity contribution < 1.29 is 9.21 Å². The molecule has 2 fully saturated rings. The molecule has 22 heavy (non-hydrogen) atoms. The SMILES string of the molecule is O=C(NC1(c2ccc(Cl)cc2)CCC1)c1ncoc1C1CC1. The maximum atomic E-state index is 12.6. The molecule has 114 valence electrons. The summed E-state index contributed by atoms with van der Waals surface area (Å²) in [7, 11) is 0. The third-order valence-electron chi connectivity index (χ3n) is 4.71. The summed E-state index contributed by atoms with van der Waals surface area (Å²) in [4.78, 5) is 16.8. The van der Waals surface area contributed by atoms with E-state index >= 15 is 0 Å². The highest BCUT2D eigenvalue weighted by Crippen LogP contribution is 2.43. The van der Waals surface area contributed by atoms with Crippen LogP contribution in [0.3, 0.4) is 0 Å². The number of aromatic nitrogens is 1.